The number of nitro benzene ring substituents is 1. The normalized spacial score (nSPS) is 14.8. The van der Waals surface area contributed by atoms with Crippen molar-refractivity contribution in [3.05, 3.63) is 80.5 Å². The van der Waals surface area contributed by atoms with Crippen LogP contribution in [0.25, 0.3) is 16.7 Å². The van der Waals surface area contributed by atoms with E-state index in [2.05, 4.69) is 15.4 Å². The van der Waals surface area contributed by atoms with E-state index in [1.54, 1.807) is 25.1 Å². The van der Waals surface area contributed by atoms with Gasteiger partial charge in [-0.05, 0) is 36.8 Å². The summed E-state index contributed by atoms with van der Waals surface area (Å²) in [5.74, 6) is -0.276. The third kappa shape index (κ3) is 3.81. The number of hydrogen-bond acceptors (Lipinski definition) is 7. The van der Waals surface area contributed by atoms with E-state index in [4.69, 9.17) is 0 Å². The molecule has 172 valence electrons. The summed E-state index contributed by atoms with van der Waals surface area (Å²) in [6.07, 6.45) is 1.41. The molecule has 12 heteroatoms. The third-order valence-electron chi connectivity index (χ3n) is 5.57. The van der Waals surface area contributed by atoms with Gasteiger partial charge in [-0.1, -0.05) is 17.8 Å². The fourth-order valence-electron chi connectivity index (χ4n) is 3.83. The average Bonchev–Trinajstić information content (AvgIpc) is 3.41. The van der Waals surface area contributed by atoms with Gasteiger partial charge in [-0.2, -0.15) is 5.10 Å². The third-order valence-corrected chi connectivity index (χ3v) is 6.67. The summed E-state index contributed by atoms with van der Waals surface area (Å²) in [5, 5.41) is 18.8. The van der Waals surface area contributed by atoms with Crippen LogP contribution in [0.5, 0.6) is 0 Å². The minimum Gasteiger partial charge on any atom is -0.326 e. The Morgan fingerprint density at radius 2 is 2.06 bits per heavy atom. The number of nitrogens with zero attached hydrogens (tertiary/aromatic N) is 5. The predicted octanol–water partition coefficient (Wildman–Crippen LogP) is 3.61. The van der Waals surface area contributed by atoms with Crippen molar-refractivity contribution < 1.29 is 14.1 Å². The first-order valence-electron chi connectivity index (χ1n) is 10.3. The molecule has 1 aliphatic heterocycles. The number of hydrogen-bond donors (Lipinski definition) is 1. The monoisotopic (exact) mass is 480 g/mol. The molecule has 0 bridgehead atoms. The van der Waals surface area contributed by atoms with E-state index in [9.17, 15) is 24.1 Å². The van der Waals surface area contributed by atoms with Crippen LogP contribution in [0.1, 0.15) is 18.0 Å². The van der Waals surface area contributed by atoms with Gasteiger partial charge in [-0.3, -0.25) is 24.3 Å². The second-order valence-corrected chi connectivity index (χ2v) is 8.80. The first-order valence-corrected chi connectivity index (χ1v) is 11.2. The Kier molecular flexibility index (Phi) is 5.36. The molecular weight excluding hydrogens is 463 g/mol. The van der Waals surface area contributed by atoms with E-state index in [-0.39, 0.29) is 34.8 Å². The van der Waals surface area contributed by atoms with Gasteiger partial charge in [-0.25, -0.2) is 14.1 Å². The predicted molar refractivity (Wildman–Crippen MR) is 124 cm³/mol. The molecule has 1 unspecified atom stereocenters. The van der Waals surface area contributed by atoms with E-state index in [0.29, 0.717) is 33.5 Å². The van der Waals surface area contributed by atoms with Crippen molar-refractivity contribution in [1.82, 2.24) is 19.3 Å². The fourth-order valence-corrected chi connectivity index (χ4v) is 4.96. The topological polar surface area (TPSA) is 125 Å². The Balaban J connectivity index is 1.42. The Labute approximate surface area is 195 Å². The number of rotatable bonds is 5. The zero-order chi connectivity index (χ0) is 24.0. The van der Waals surface area contributed by atoms with Crippen molar-refractivity contribution in [2.24, 2.45) is 0 Å². The van der Waals surface area contributed by atoms with E-state index in [1.165, 1.54) is 51.5 Å². The quantitative estimate of drug-likeness (QED) is 0.263. The number of nitrogens with one attached hydrogen (secondary N) is 1. The number of aromatic nitrogens is 4. The number of thioether (sulfide) groups is 1. The molecule has 3 heterocycles. The van der Waals surface area contributed by atoms with Gasteiger partial charge in [0, 0.05) is 24.3 Å². The summed E-state index contributed by atoms with van der Waals surface area (Å²) in [6.45, 7) is 1.74. The molecule has 0 fully saturated rings. The highest BCUT2D eigenvalue weighted by atomic mass is 32.2. The van der Waals surface area contributed by atoms with Crippen LogP contribution >= 0.6 is 11.8 Å². The lowest BCUT2D eigenvalue weighted by atomic mass is 10.1. The fraction of sp³-hybridized carbons (Fsp3) is 0.182. The first kappa shape index (κ1) is 21.8. The average molecular weight is 480 g/mol. The molecule has 2 aromatic carbocycles. The number of benzene rings is 2. The van der Waals surface area contributed by atoms with Crippen LogP contribution in [0.3, 0.4) is 0 Å². The molecule has 0 saturated carbocycles. The molecule has 34 heavy (non-hydrogen) atoms. The van der Waals surface area contributed by atoms with Crippen LogP contribution < -0.4 is 10.9 Å². The number of amides is 1. The zero-order valence-electron chi connectivity index (χ0n) is 17.8. The van der Waals surface area contributed by atoms with E-state index < -0.39 is 11.0 Å². The van der Waals surface area contributed by atoms with E-state index in [0.717, 1.165) is 0 Å². The highest BCUT2D eigenvalue weighted by Gasteiger charge is 2.30. The maximum Gasteiger partial charge on any atom is 0.271 e. The molecule has 5 rings (SSSR count). The van der Waals surface area contributed by atoms with Crippen molar-refractivity contribution >= 4 is 40.1 Å². The maximum absolute atomic E-state index is 13.3. The van der Waals surface area contributed by atoms with Gasteiger partial charge in [0.2, 0.25) is 5.91 Å². The largest absolute Gasteiger partial charge is 0.326 e. The van der Waals surface area contributed by atoms with Gasteiger partial charge in [0.1, 0.15) is 11.2 Å². The van der Waals surface area contributed by atoms with Gasteiger partial charge in [-0.15, -0.1) is 0 Å². The first-order chi connectivity index (χ1) is 16.3. The minimum absolute atomic E-state index is 0.00131. The molecule has 2 aromatic heterocycles. The lowest BCUT2D eigenvalue weighted by molar-refractivity contribution is -0.384. The number of anilines is 1. The van der Waals surface area contributed by atoms with Crippen LogP contribution in [0.4, 0.5) is 15.8 Å². The van der Waals surface area contributed by atoms with Crippen molar-refractivity contribution in [2.75, 3.05) is 11.1 Å². The van der Waals surface area contributed by atoms with Gasteiger partial charge < -0.3 is 5.32 Å². The molecule has 0 saturated heterocycles. The van der Waals surface area contributed by atoms with Crippen molar-refractivity contribution in [1.29, 1.82) is 0 Å². The smallest absolute Gasteiger partial charge is 0.271 e. The second-order valence-electron chi connectivity index (χ2n) is 7.81. The number of fused-ring (bicyclic) bond motifs is 2. The number of non-ortho nitro benzene ring substituents is 1. The molecule has 10 nitrogen and oxygen atoms in total. The Morgan fingerprint density at radius 1 is 1.29 bits per heavy atom. The van der Waals surface area contributed by atoms with Crippen molar-refractivity contribution in [3.8, 4) is 5.69 Å². The van der Waals surface area contributed by atoms with E-state index >= 15 is 0 Å². The van der Waals surface area contributed by atoms with Crippen LogP contribution in [0.15, 0.2) is 58.6 Å². The van der Waals surface area contributed by atoms with Crippen molar-refractivity contribution in [2.45, 2.75) is 24.5 Å². The van der Waals surface area contributed by atoms with Crippen LogP contribution in [-0.4, -0.2) is 35.9 Å². The molecule has 1 N–H and O–H groups in total. The molecule has 0 aliphatic carbocycles. The lowest BCUT2D eigenvalue weighted by Crippen LogP contribution is -2.27. The molecule has 4 aromatic rings. The van der Waals surface area contributed by atoms with Crippen LogP contribution in [0, 0.1) is 22.9 Å². The van der Waals surface area contributed by atoms with Crippen LogP contribution in [-0.2, 0) is 4.79 Å². The number of carbonyl (C=O) groups is 1. The summed E-state index contributed by atoms with van der Waals surface area (Å²) in [6, 6.07) is 9.51. The van der Waals surface area contributed by atoms with Crippen molar-refractivity contribution in [3.63, 3.8) is 0 Å². The van der Waals surface area contributed by atoms with E-state index in [1.807, 2.05) is 0 Å². The summed E-state index contributed by atoms with van der Waals surface area (Å²) in [5.41, 5.74) is 1.53. The number of aryl methyl sites for hydroxylation is 1. The molecule has 1 atom stereocenters. The SMILES string of the molecule is Cc1ccc([N+](=O)[O-])cc1NC(=O)CC1CSc2nc3c(cnn3-c3ccc(F)cc3)c(=O)n21. The van der Waals surface area contributed by atoms with Gasteiger partial charge in [0.25, 0.3) is 11.2 Å². The maximum atomic E-state index is 13.3. The lowest BCUT2D eigenvalue weighted by Gasteiger charge is -2.14. The molecule has 1 amide bonds. The van der Waals surface area contributed by atoms with Crippen LogP contribution in [0.2, 0.25) is 0 Å². The highest BCUT2D eigenvalue weighted by Crippen LogP contribution is 2.34. The summed E-state index contributed by atoms with van der Waals surface area (Å²) < 4.78 is 16.2. The highest BCUT2D eigenvalue weighted by molar-refractivity contribution is 7.99. The minimum atomic E-state index is -0.526. The second kappa shape index (κ2) is 8.37. The summed E-state index contributed by atoms with van der Waals surface area (Å²) in [7, 11) is 0. The standard InChI is InChI=1S/C22H17FN6O4S/c1-12-2-5-15(29(32)33)8-18(12)25-19(30)9-16-11-34-22-26-20-17(21(31)27(16)22)10-24-28(20)14-6-3-13(23)4-7-14/h2-8,10,16H,9,11H2,1H3,(H,25,30). The Morgan fingerprint density at radius 3 is 2.79 bits per heavy atom. The number of nitro groups is 1. The number of halogens is 1. The summed E-state index contributed by atoms with van der Waals surface area (Å²) in [4.78, 5) is 41.1. The molecular formula is C22H17FN6O4S. The number of carbonyl (C=O) groups excluding carboxylic acids is 1. The Hall–Kier alpha value is -4.06. The Bertz CT molecular complexity index is 1510. The summed E-state index contributed by atoms with van der Waals surface area (Å²) >= 11 is 1.35. The zero-order valence-corrected chi connectivity index (χ0v) is 18.6. The molecule has 1 aliphatic rings. The van der Waals surface area contributed by atoms with Gasteiger partial charge in [0.15, 0.2) is 10.8 Å². The molecule has 0 radical (unpaired) electrons. The molecule has 0 spiro atoms. The van der Waals surface area contributed by atoms with Gasteiger partial charge >= 0.3 is 0 Å². The van der Waals surface area contributed by atoms with Gasteiger partial charge in [0.05, 0.1) is 28.5 Å².